The first-order valence-electron chi connectivity index (χ1n) is 5.54. The summed E-state index contributed by atoms with van der Waals surface area (Å²) in [5.74, 6) is 1.64. The molecule has 3 heteroatoms. The van der Waals surface area contributed by atoms with Crippen molar-refractivity contribution in [3.8, 4) is 11.5 Å². The third-order valence-corrected chi connectivity index (χ3v) is 2.19. The Labute approximate surface area is 97.0 Å². The number of ether oxygens (including phenoxy) is 2. The molecule has 0 aliphatic rings. The minimum absolute atomic E-state index is 0.115. The molecule has 0 saturated heterocycles. The van der Waals surface area contributed by atoms with Gasteiger partial charge < -0.3 is 14.6 Å². The fourth-order valence-corrected chi connectivity index (χ4v) is 1.12. The molecule has 1 aromatic rings. The van der Waals surface area contributed by atoms with Crippen molar-refractivity contribution in [2.45, 2.75) is 20.8 Å². The third kappa shape index (κ3) is 4.11. The van der Waals surface area contributed by atoms with E-state index in [-0.39, 0.29) is 12.0 Å². The van der Waals surface area contributed by atoms with E-state index in [1.807, 2.05) is 45.0 Å². The predicted molar refractivity (Wildman–Crippen MR) is 64.0 cm³/mol. The van der Waals surface area contributed by atoms with Gasteiger partial charge in [0.1, 0.15) is 11.5 Å². The second kappa shape index (κ2) is 5.75. The van der Waals surface area contributed by atoms with Gasteiger partial charge in [0.2, 0.25) is 0 Å². The predicted octanol–water partition coefficient (Wildman–Crippen LogP) is 2.48. The minimum Gasteiger partial charge on any atom is -0.494 e. The van der Waals surface area contributed by atoms with Crippen molar-refractivity contribution in [1.82, 2.24) is 0 Å². The van der Waals surface area contributed by atoms with E-state index < -0.39 is 0 Å². The van der Waals surface area contributed by atoms with Crippen molar-refractivity contribution >= 4 is 0 Å². The summed E-state index contributed by atoms with van der Waals surface area (Å²) in [6.07, 6.45) is 0. The molecular weight excluding hydrogens is 204 g/mol. The van der Waals surface area contributed by atoms with Crippen molar-refractivity contribution in [2.75, 3.05) is 19.8 Å². The molecule has 1 rings (SSSR count). The summed E-state index contributed by atoms with van der Waals surface area (Å²) in [5, 5.41) is 9.09. The summed E-state index contributed by atoms with van der Waals surface area (Å²) in [6, 6.07) is 7.51. The third-order valence-electron chi connectivity index (χ3n) is 2.19. The lowest BCUT2D eigenvalue weighted by atomic mass is 9.97. The molecule has 0 aliphatic carbocycles. The van der Waals surface area contributed by atoms with Gasteiger partial charge in [-0.2, -0.15) is 0 Å². The summed E-state index contributed by atoms with van der Waals surface area (Å²) in [6.45, 7) is 7.15. The van der Waals surface area contributed by atoms with Crippen LogP contribution in [0.4, 0.5) is 0 Å². The van der Waals surface area contributed by atoms with Gasteiger partial charge >= 0.3 is 0 Å². The number of aliphatic hydroxyl groups is 1. The maximum absolute atomic E-state index is 9.09. The Bertz CT molecular complexity index is 303. The second-order valence-electron chi connectivity index (χ2n) is 4.52. The molecule has 1 N–H and O–H groups in total. The largest absolute Gasteiger partial charge is 0.494 e. The van der Waals surface area contributed by atoms with Crippen LogP contribution in [-0.4, -0.2) is 24.9 Å². The fraction of sp³-hybridized carbons (Fsp3) is 0.538. The van der Waals surface area contributed by atoms with Crippen LogP contribution >= 0.6 is 0 Å². The lowest BCUT2D eigenvalue weighted by molar-refractivity contribution is 0.0975. The molecule has 0 saturated carbocycles. The number of benzene rings is 1. The Morgan fingerprint density at radius 1 is 1.06 bits per heavy atom. The van der Waals surface area contributed by atoms with Crippen molar-refractivity contribution in [1.29, 1.82) is 0 Å². The summed E-state index contributed by atoms with van der Waals surface area (Å²) in [4.78, 5) is 0. The first-order chi connectivity index (χ1) is 7.57. The summed E-state index contributed by atoms with van der Waals surface area (Å²) >= 11 is 0. The number of aliphatic hydroxyl groups excluding tert-OH is 1. The Kier molecular flexibility index (Phi) is 4.62. The van der Waals surface area contributed by atoms with Crippen molar-refractivity contribution < 1.29 is 14.6 Å². The SMILES string of the molecule is CCOc1ccc(OCC(C)(C)CO)cc1. The standard InChI is InChI=1S/C13H20O3/c1-4-15-11-5-7-12(8-6-11)16-10-13(2,3)9-14/h5-8,14H,4,9-10H2,1-3H3. The molecule has 0 atom stereocenters. The highest BCUT2D eigenvalue weighted by Crippen LogP contribution is 2.20. The van der Waals surface area contributed by atoms with Crippen LogP contribution < -0.4 is 9.47 Å². The maximum atomic E-state index is 9.09. The van der Waals surface area contributed by atoms with Gasteiger partial charge in [-0.1, -0.05) is 13.8 Å². The van der Waals surface area contributed by atoms with Crippen LogP contribution in [0.25, 0.3) is 0 Å². The molecular formula is C13H20O3. The van der Waals surface area contributed by atoms with Gasteiger partial charge in [0.15, 0.2) is 0 Å². The van der Waals surface area contributed by atoms with E-state index in [4.69, 9.17) is 14.6 Å². The molecule has 0 aliphatic heterocycles. The Morgan fingerprint density at radius 3 is 2.00 bits per heavy atom. The smallest absolute Gasteiger partial charge is 0.119 e. The van der Waals surface area contributed by atoms with Gasteiger partial charge in [-0.3, -0.25) is 0 Å². The molecule has 0 aromatic heterocycles. The topological polar surface area (TPSA) is 38.7 Å². The van der Waals surface area contributed by atoms with Crippen LogP contribution in [0.5, 0.6) is 11.5 Å². The fourth-order valence-electron chi connectivity index (χ4n) is 1.12. The molecule has 0 bridgehead atoms. The molecule has 16 heavy (non-hydrogen) atoms. The number of hydrogen-bond acceptors (Lipinski definition) is 3. The van der Waals surface area contributed by atoms with E-state index in [1.54, 1.807) is 0 Å². The van der Waals surface area contributed by atoms with Crippen molar-refractivity contribution in [3.63, 3.8) is 0 Å². The molecule has 0 amide bonds. The van der Waals surface area contributed by atoms with E-state index in [2.05, 4.69) is 0 Å². The lowest BCUT2D eigenvalue weighted by Crippen LogP contribution is -2.25. The van der Waals surface area contributed by atoms with Crippen molar-refractivity contribution in [3.05, 3.63) is 24.3 Å². The zero-order chi connectivity index (χ0) is 12.0. The van der Waals surface area contributed by atoms with Gasteiger partial charge in [0.25, 0.3) is 0 Å². The van der Waals surface area contributed by atoms with Crippen LogP contribution in [-0.2, 0) is 0 Å². The van der Waals surface area contributed by atoms with E-state index in [0.29, 0.717) is 13.2 Å². The van der Waals surface area contributed by atoms with Gasteiger partial charge in [-0.25, -0.2) is 0 Å². The number of hydrogen-bond donors (Lipinski definition) is 1. The van der Waals surface area contributed by atoms with Gasteiger partial charge in [-0.15, -0.1) is 0 Å². The van der Waals surface area contributed by atoms with Gasteiger partial charge in [-0.05, 0) is 31.2 Å². The van der Waals surface area contributed by atoms with Crippen LogP contribution in [0.2, 0.25) is 0 Å². The molecule has 0 radical (unpaired) electrons. The van der Waals surface area contributed by atoms with Gasteiger partial charge in [0.05, 0.1) is 19.8 Å². The number of rotatable bonds is 6. The van der Waals surface area contributed by atoms with E-state index in [0.717, 1.165) is 11.5 Å². The molecule has 0 heterocycles. The summed E-state index contributed by atoms with van der Waals surface area (Å²) < 4.78 is 10.9. The van der Waals surface area contributed by atoms with Crippen molar-refractivity contribution in [2.24, 2.45) is 5.41 Å². The zero-order valence-corrected chi connectivity index (χ0v) is 10.2. The first kappa shape index (κ1) is 12.8. The van der Waals surface area contributed by atoms with Crippen LogP contribution in [0.1, 0.15) is 20.8 Å². The molecule has 1 aromatic carbocycles. The quantitative estimate of drug-likeness (QED) is 0.806. The van der Waals surface area contributed by atoms with Gasteiger partial charge in [0, 0.05) is 5.41 Å². The highest BCUT2D eigenvalue weighted by atomic mass is 16.5. The highest BCUT2D eigenvalue weighted by molar-refractivity contribution is 5.31. The van der Waals surface area contributed by atoms with E-state index in [9.17, 15) is 0 Å². The average molecular weight is 224 g/mol. The summed E-state index contributed by atoms with van der Waals surface area (Å²) in [5.41, 5.74) is -0.210. The monoisotopic (exact) mass is 224 g/mol. The lowest BCUT2D eigenvalue weighted by Gasteiger charge is -2.21. The van der Waals surface area contributed by atoms with Crippen LogP contribution in [0.3, 0.4) is 0 Å². The first-order valence-corrected chi connectivity index (χ1v) is 5.54. The average Bonchev–Trinajstić information content (AvgIpc) is 2.29. The molecule has 0 spiro atoms. The summed E-state index contributed by atoms with van der Waals surface area (Å²) in [7, 11) is 0. The van der Waals surface area contributed by atoms with E-state index >= 15 is 0 Å². The molecule has 0 unspecified atom stereocenters. The molecule has 90 valence electrons. The van der Waals surface area contributed by atoms with Crippen LogP contribution in [0.15, 0.2) is 24.3 Å². The Balaban J connectivity index is 2.49. The molecule has 3 nitrogen and oxygen atoms in total. The van der Waals surface area contributed by atoms with Crippen LogP contribution in [0, 0.1) is 5.41 Å². The minimum atomic E-state index is -0.210. The molecule has 0 fully saturated rings. The zero-order valence-electron chi connectivity index (χ0n) is 10.2. The normalized spacial score (nSPS) is 11.2. The highest BCUT2D eigenvalue weighted by Gasteiger charge is 2.17. The Morgan fingerprint density at radius 2 is 1.56 bits per heavy atom. The second-order valence-corrected chi connectivity index (χ2v) is 4.52. The van der Waals surface area contributed by atoms with E-state index in [1.165, 1.54) is 0 Å². The maximum Gasteiger partial charge on any atom is 0.119 e. The Hall–Kier alpha value is -1.22.